The third-order valence-corrected chi connectivity index (χ3v) is 6.80. The number of Topliss-reactive ketones (excluding diaryl/α,β-unsaturated/α-hetero) is 1. The molecule has 0 radical (unpaired) electrons. The summed E-state index contributed by atoms with van der Waals surface area (Å²) in [7, 11) is 3.21. The Hall–Kier alpha value is -3.74. The van der Waals surface area contributed by atoms with Crippen LogP contribution in [0.15, 0.2) is 65.0 Å². The minimum atomic E-state index is -0.573. The van der Waals surface area contributed by atoms with Gasteiger partial charge in [-0.25, -0.2) is 4.79 Å². The van der Waals surface area contributed by atoms with Gasteiger partial charge in [0.15, 0.2) is 17.3 Å². The minimum absolute atomic E-state index is 0.00904. The Labute approximate surface area is 218 Å². The topological polar surface area (TPSA) is 83.1 Å². The number of dihydropyridines is 1. The van der Waals surface area contributed by atoms with Crippen molar-refractivity contribution >= 4 is 11.8 Å². The second-order valence-corrected chi connectivity index (χ2v) is 9.59. The Balaban J connectivity index is 1.80. The van der Waals surface area contributed by atoms with E-state index in [1.807, 2.05) is 70.2 Å². The Bertz CT molecular complexity index is 1240. The van der Waals surface area contributed by atoms with Crippen LogP contribution in [0.1, 0.15) is 63.5 Å². The minimum Gasteiger partial charge on any atom is -0.497 e. The molecule has 37 heavy (non-hydrogen) atoms. The first-order valence-electron chi connectivity index (χ1n) is 12.7. The van der Waals surface area contributed by atoms with Gasteiger partial charge in [0.2, 0.25) is 0 Å². The van der Waals surface area contributed by atoms with Crippen molar-refractivity contribution in [1.82, 2.24) is 5.32 Å². The number of benzene rings is 2. The largest absolute Gasteiger partial charge is 0.497 e. The molecule has 1 heterocycles. The van der Waals surface area contributed by atoms with E-state index in [0.29, 0.717) is 47.8 Å². The summed E-state index contributed by atoms with van der Waals surface area (Å²) in [6.07, 6.45) is 0.713. The third-order valence-electron chi connectivity index (χ3n) is 6.80. The Kier molecular flexibility index (Phi) is 7.91. The van der Waals surface area contributed by atoms with Crippen molar-refractivity contribution in [3.63, 3.8) is 0 Å². The summed E-state index contributed by atoms with van der Waals surface area (Å²) >= 11 is 0. The molecule has 0 saturated heterocycles. The number of ether oxygens (including phenoxy) is 4. The van der Waals surface area contributed by atoms with Gasteiger partial charge in [-0.15, -0.1) is 0 Å². The van der Waals surface area contributed by atoms with Gasteiger partial charge in [-0.2, -0.15) is 0 Å². The van der Waals surface area contributed by atoms with E-state index in [0.717, 1.165) is 22.6 Å². The van der Waals surface area contributed by atoms with Crippen LogP contribution in [0.25, 0.3) is 0 Å². The summed E-state index contributed by atoms with van der Waals surface area (Å²) in [5.41, 5.74) is 4.43. The third kappa shape index (κ3) is 5.36. The zero-order valence-corrected chi connectivity index (χ0v) is 22.3. The number of ketones is 1. The van der Waals surface area contributed by atoms with Gasteiger partial charge in [0.05, 0.1) is 32.5 Å². The quantitative estimate of drug-likeness (QED) is 0.480. The zero-order chi connectivity index (χ0) is 26.7. The van der Waals surface area contributed by atoms with Crippen molar-refractivity contribution in [1.29, 1.82) is 0 Å². The van der Waals surface area contributed by atoms with Crippen LogP contribution in [0, 0.1) is 0 Å². The molecular weight excluding hydrogens is 470 g/mol. The van der Waals surface area contributed by atoms with E-state index in [-0.39, 0.29) is 17.8 Å². The summed E-state index contributed by atoms with van der Waals surface area (Å²) in [4.78, 5) is 27.1. The highest BCUT2D eigenvalue weighted by atomic mass is 16.5. The molecule has 0 amide bonds. The van der Waals surface area contributed by atoms with Gasteiger partial charge in [0, 0.05) is 29.3 Å². The summed E-state index contributed by atoms with van der Waals surface area (Å²) < 4.78 is 22.2. The number of esters is 1. The maximum atomic E-state index is 13.8. The molecule has 7 heteroatoms. The molecule has 1 aliphatic carbocycles. The summed E-state index contributed by atoms with van der Waals surface area (Å²) in [6.45, 7) is 7.89. The summed E-state index contributed by atoms with van der Waals surface area (Å²) in [5, 5.41) is 3.39. The number of nitrogens with one attached hydrogen (secondary N) is 1. The predicted molar refractivity (Wildman–Crippen MR) is 141 cm³/mol. The van der Waals surface area contributed by atoms with Crippen molar-refractivity contribution in [3.8, 4) is 17.2 Å². The molecule has 1 aliphatic heterocycles. The molecule has 7 nitrogen and oxygen atoms in total. The van der Waals surface area contributed by atoms with Gasteiger partial charge >= 0.3 is 5.97 Å². The first-order valence-corrected chi connectivity index (χ1v) is 12.7. The van der Waals surface area contributed by atoms with E-state index in [1.54, 1.807) is 14.2 Å². The molecule has 4 rings (SSSR count). The maximum Gasteiger partial charge on any atom is 0.337 e. The smallest absolute Gasteiger partial charge is 0.337 e. The lowest BCUT2D eigenvalue weighted by Crippen LogP contribution is -2.36. The number of rotatable bonds is 8. The van der Waals surface area contributed by atoms with Crippen LogP contribution >= 0.6 is 0 Å². The zero-order valence-electron chi connectivity index (χ0n) is 22.3. The Morgan fingerprint density at radius 1 is 1.00 bits per heavy atom. The fourth-order valence-corrected chi connectivity index (χ4v) is 5.17. The molecule has 2 aromatic rings. The van der Waals surface area contributed by atoms with E-state index in [9.17, 15) is 9.59 Å². The normalized spacial score (nSPS) is 19.4. The van der Waals surface area contributed by atoms with Gasteiger partial charge in [-0.3, -0.25) is 4.79 Å². The van der Waals surface area contributed by atoms with Gasteiger partial charge in [0.1, 0.15) is 5.75 Å². The number of carbonyl (C=O) groups is 2. The molecule has 0 aromatic heterocycles. The second-order valence-electron chi connectivity index (χ2n) is 9.59. The fourth-order valence-electron chi connectivity index (χ4n) is 5.17. The van der Waals surface area contributed by atoms with Crippen molar-refractivity contribution in [2.45, 2.75) is 58.5 Å². The van der Waals surface area contributed by atoms with E-state index in [2.05, 4.69) is 5.32 Å². The summed E-state index contributed by atoms with van der Waals surface area (Å²) in [6, 6.07) is 13.4. The average molecular weight is 506 g/mol. The second kappa shape index (κ2) is 11.1. The number of hydrogen-bond acceptors (Lipinski definition) is 7. The fraction of sp³-hybridized carbons (Fsp3) is 0.400. The molecule has 2 atom stereocenters. The van der Waals surface area contributed by atoms with Gasteiger partial charge in [0.25, 0.3) is 0 Å². The average Bonchev–Trinajstić information content (AvgIpc) is 2.87. The molecule has 0 fully saturated rings. The molecule has 2 aromatic carbocycles. The molecule has 2 unspecified atom stereocenters. The molecular formula is C30H35NO6. The van der Waals surface area contributed by atoms with E-state index in [4.69, 9.17) is 18.9 Å². The number of methoxy groups -OCH3 is 2. The predicted octanol–water partition coefficient (Wildman–Crippen LogP) is 5.42. The van der Waals surface area contributed by atoms with Crippen LogP contribution in [0.3, 0.4) is 0 Å². The lowest BCUT2D eigenvalue weighted by Gasteiger charge is -2.37. The Morgan fingerprint density at radius 3 is 2.32 bits per heavy atom. The van der Waals surface area contributed by atoms with E-state index >= 15 is 0 Å². The number of carbonyl (C=O) groups excluding carboxylic acids is 2. The summed E-state index contributed by atoms with van der Waals surface area (Å²) in [5.74, 6) is 0.961. The molecule has 0 spiro atoms. The lowest BCUT2D eigenvalue weighted by molar-refractivity contribution is -0.143. The van der Waals surface area contributed by atoms with E-state index in [1.165, 1.54) is 0 Å². The molecule has 196 valence electrons. The van der Waals surface area contributed by atoms with Crippen LogP contribution in [0.4, 0.5) is 0 Å². The highest BCUT2D eigenvalue weighted by Crippen LogP contribution is 2.47. The lowest BCUT2D eigenvalue weighted by atomic mass is 9.71. The van der Waals surface area contributed by atoms with Gasteiger partial charge in [-0.05, 0) is 75.4 Å². The molecule has 0 bridgehead atoms. The molecule has 0 saturated carbocycles. The van der Waals surface area contributed by atoms with Crippen LogP contribution < -0.4 is 19.5 Å². The van der Waals surface area contributed by atoms with Crippen LogP contribution in [-0.2, 0) is 14.3 Å². The molecule has 1 N–H and O–H groups in total. The van der Waals surface area contributed by atoms with Gasteiger partial charge in [-0.1, -0.05) is 18.2 Å². The highest BCUT2D eigenvalue weighted by Gasteiger charge is 2.41. The number of allylic oxidation sites excluding steroid dienone is 3. The van der Waals surface area contributed by atoms with Crippen LogP contribution in [0.2, 0.25) is 0 Å². The SMILES string of the molecule is CCOc1ccc(C2C(C(=O)OC(C)C)=C(C)NC3=C2C(=O)CC(c2ccc(OC)cc2)C3)cc1OC. The maximum absolute atomic E-state index is 13.8. The van der Waals surface area contributed by atoms with Crippen molar-refractivity contribution in [2.75, 3.05) is 20.8 Å². The van der Waals surface area contributed by atoms with Crippen molar-refractivity contribution < 1.29 is 28.5 Å². The Morgan fingerprint density at radius 2 is 1.70 bits per heavy atom. The first-order chi connectivity index (χ1) is 17.8. The van der Waals surface area contributed by atoms with Gasteiger partial charge < -0.3 is 24.3 Å². The monoisotopic (exact) mass is 505 g/mol. The number of hydrogen-bond donors (Lipinski definition) is 1. The van der Waals surface area contributed by atoms with Crippen LogP contribution in [-0.4, -0.2) is 38.7 Å². The molecule has 2 aliphatic rings. The van der Waals surface area contributed by atoms with Crippen molar-refractivity contribution in [3.05, 3.63) is 76.1 Å². The van der Waals surface area contributed by atoms with Crippen LogP contribution in [0.5, 0.6) is 17.2 Å². The highest BCUT2D eigenvalue weighted by molar-refractivity contribution is 6.04. The first kappa shape index (κ1) is 26.3. The van der Waals surface area contributed by atoms with E-state index < -0.39 is 11.9 Å². The standard InChI is InChI=1S/C30H35NO6/c1-7-36-25-13-10-20(16-26(25)35-6)28-27(30(33)37-17(2)3)18(4)31-23-14-21(15-24(32)29(23)28)19-8-11-22(34-5)12-9-19/h8-13,16-17,21,28,31H,7,14-15H2,1-6H3. The van der Waals surface area contributed by atoms with Crippen molar-refractivity contribution in [2.24, 2.45) is 0 Å².